The van der Waals surface area contributed by atoms with Gasteiger partial charge in [-0.25, -0.2) is 18.0 Å². The Morgan fingerprint density at radius 1 is 1.09 bits per heavy atom. The number of nitrogens with zero attached hydrogens (tertiary/aromatic N) is 2. The molecule has 2 aromatic carbocycles. The lowest BCUT2D eigenvalue weighted by atomic mass is 9.83. The van der Waals surface area contributed by atoms with E-state index in [0.717, 1.165) is 22.9 Å². The van der Waals surface area contributed by atoms with Crippen molar-refractivity contribution in [2.45, 2.75) is 26.2 Å². The van der Waals surface area contributed by atoms with Crippen LogP contribution < -0.4 is 20.8 Å². The molecular weight excluding hydrogens is 444 g/mol. The van der Waals surface area contributed by atoms with Crippen molar-refractivity contribution in [2.75, 3.05) is 13.4 Å². The van der Waals surface area contributed by atoms with Gasteiger partial charge >= 0.3 is 5.69 Å². The molecule has 0 spiro atoms. The first kappa shape index (κ1) is 24.0. The van der Waals surface area contributed by atoms with Gasteiger partial charge in [-0.05, 0) is 28.7 Å². The van der Waals surface area contributed by atoms with Gasteiger partial charge in [-0.2, -0.15) is 5.10 Å². The van der Waals surface area contributed by atoms with E-state index in [1.807, 2.05) is 45.0 Å². The first-order valence-electron chi connectivity index (χ1n) is 10.0. The van der Waals surface area contributed by atoms with Crippen LogP contribution in [0.4, 0.5) is 0 Å². The Morgan fingerprint density at radius 3 is 2.30 bits per heavy atom. The third-order valence-corrected chi connectivity index (χ3v) is 5.28. The van der Waals surface area contributed by atoms with E-state index in [-0.39, 0.29) is 5.41 Å². The Hall–Kier alpha value is -3.66. The van der Waals surface area contributed by atoms with E-state index in [2.05, 4.69) is 14.9 Å². The summed E-state index contributed by atoms with van der Waals surface area (Å²) < 4.78 is 29.5. The SMILES string of the molecule is COc1c(-c2ccc(/C=N/NS(C)(=O)=O)cc2)cc(-n2ccc(=O)[nH]c2=O)cc1C(C)(C)C. The van der Waals surface area contributed by atoms with Crippen LogP contribution in [0.25, 0.3) is 16.8 Å². The molecular formula is C23H26N4O5S. The summed E-state index contributed by atoms with van der Waals surface area (Å²) in [6.07, 6.45) is 3.86. The average Bonchev–Trinajstić information content (AvgIpc) is 2.72. The molecule has 3 aromatic rings. The molecule has 1 heterocycles. The summed E-state index contributed by atoms with van der Waals surface area (Å²) in [6.45, 7) is 6.13. The van der Waals surface area contributed by atoms with Gasteiger partial charge in [-0.1, -0.05) is 45.0 Å². The number of aromatic nitrogens is 2. The fraction of sp³-hybridized carbons (Fsp3) is 0.261. The predicted octanol–water partition coefficient (Wildman–Crippen LogP) is 2.38. The van der Waals surface area contributed by atoms with Crippen LogP contribution in [-0.2, 0) is 15.4 Å². The number of H-pyrrole nitrogens is 1. The standard InChI is InChI=1S/C23H26N4O5S/c1-23(2,3)19-13-17(27-11-10-20(28)25-22(27)29)12-18(21(19)32-4)16-8-6-15(7-9-16)14-24-26-33(5,30)31/h6-14,26H,1-5H3,(H,25,28,29)/b24-14+. The van der Waals surface area contributed by atoms with Crippen molar-refractivity contribution in [2.24, 2.45) is 5.10 Å². The number of hydrogen-bond donors (Lipinski definition) is 2. The number of benzene rings is 2. The lowest BCUT2D eigenvalue weighted by molar-refractivity contribution is 0.399. The number of sulfonamides is 1. The Morgan fingerprint density at radius 2 is 1.76 bits per heavy atom. The van der Waals surface area contributed by atoms with Crippen LogP contribution in [0, 0.1) is 0 Å². The second-order valence-electron chi connectivity index (χ2n) is 8.55. The van der Waals surface area contributed by atoms with E-state index in [0.29, 0.717) is 17.0 Å². The van der Waals surface area contributed by atoms with E-state index in [1.165, 1.54) is 23.0 Å². The molecule has 0 unspecified atom stereocenters. The van der Waals surface area contributed by atoms with Crippen molar-refractivity contribution < 1.29 is 13.2 Å². The van der Waals surface area contributed by atoms with Crippen LogP contribution in [0.2, 0.25) is 0 Å². The molecule has 10 heteroatoms. The number of nitrogens with one attached hydrogen (secondary N) is 2. The first-order chi connectivity index (χ1) is 15.4. The molecule has 33 heavy (non-hydrogen) atoms. The molecule has 2 N–H and O–H groups in total. The van der Waals surface area contributed by atoms with Gasteiger partial charge in [0.15, 0.2) is 0 Å². The summed E-state index contributed by atoms with van der Waals surface area (Å²) in [4.78, 5) is 28.3. The van der Waals surface area contributed by atoms with Crippen LogP contribution in [-0.4, -0.2) is 37.5 Å². The molecule has 0 radical (unpaired) electrons. The molecule has 0 saturated carbocycles. The highest BCUT2D eigenvalue weighted by atomic mass is 32.2. The maximum Gasteiger partial charge on any atom is 0.332 e. The number of methoxy groups -OCH3 is 1. The average molecular weight is 471 g/mol. The van der Waals surface area contributed by atoms with Crippen molar-refractivity contribution in [3.05, 3.63) is 80.6 Å². The first-order valence-corrected chi connectivity index (χ1v) is 11.9. The maximum absolute atomic E-state index is 12.4. The fourth-order valence-electron chi connectivity index (χ4n) is 3.31. The number of aromatic amines is 1. The lowest BCUT2D eigenvalue weighted by Gasteiger charge is -2.25. The highest BCUT2D eigenvalue weighted by molar-refractivity contribution is 7.88. The van der Waals surface area contributed by atoms with E-state index >= 15 is 0 Å². The quantitative estimate of drug-likeness (QED) is 0.423. The Balaban J connectivity index is 2.16. The molecule has 1 aromatic heterocycles. The van der Waals surface area contributed by atoms with Crippen LogP contribution in [0.15, 0.2) is 63.4 Å². The Bertz CT molecular complexity index is 1410. The highest BCUT2D eigenvalue weighted by Crippen LogP contribution is 2.41. The second-order valence-corrected chi connectivity index (χ2v) is 10.3. The summed E-state index contributed by atoms with van der Waals surface area (Å²) in [7, 11) is -1.83. The molecule has 0 fully saturated rings. The molecule has 174 valence electrons. The molecule has 0 aliphatic carbocycles. The van der Waals surface area contributed by atoms with Crippen molar-refractivity contribution in [3.63, 3.8) is 0 Å². The zero-order valence-electron chi connectivity index (χ0n) is 19.0. The van der Waals surface area contributed by atoms with Crippen molar-refractivity contribution in [3.8, 4) is 22.6 Å². The molecule has 0 aliphatic heterocycles. The monoisotopic (exact) mass is 470 g/mol. The third-order valence-electron chi connectivity index (χ3n) is 4.84. The van der Waals surface area contributed by atoms with E-state index < -0.39 is 21.3 Å². The van der Waals surface area contributed by atoms with Gasteiger partial charge in [-0.3, -0.25) is 14.3 Å². The minimum Gasteiger partial charge on any atom is -0.496 e. The summed E-state index contributed by atoms with van der Waals surface area (Å²) in [5.74, 6) is 0.670. The second kappa shape index (κ2) is 9.07. The van der Waals surface area contributed by atoms with Gasteiger partial charge < -0.3 is 4.74 Å². The highest BCUT2D eigenvalue weighted by Gasteiger charge is 2.24. The number of hydrogen-bond acceptors (Lipinski definition) is 6. The smallest absolute Gasteiger partial charge is 0.332 e. The normalized spacial score (nSPS) is 12.2. The maximum atomic E-state index is 12.4. The molecule has 0 saturated heterocycles. The Kier molecular flexibility index (Phi) is 6.59. The molecule has 0 amide bonds. The van der Waals surface area contributed by atoms with Crippen LogP contribution in [0.5, 0.6) is 5.75 Å². The van der Waals surface area contributed by atoms with Crippen LogP contribution in [0.1, 0.15) is 31.9 Å². The number of ether oxygens (including phenoxy) is 1. The molecule has 0 atom stereocenters. The summed E-state index contributed by atoms with van der Waals surface area (Å²) in [5.41, 5.74) is 2.44. The molecule has 3 rings (SSSR count). The van der Waals surface area contributed by atoms with E-state index in [1.54, 1.807) is 19.2 Å². The van der Waals surface area contributed by atoms with Gasteiger partial charge in [-0.15, -0.1) is 0 Å². The zero-order valence-corrected chi connectivity index (χ0v) is 19.9. The summed E-state index contributed by atoms with van der Waals surface area (Å²) >= 11 is 0. The minimum absolute atomic E-state index is 0.300. The van der Waals surface area contributed by atoms with Gasteiger partial charge in [0.2, 0.25) is 10.0 Å². The third kappa shape index (κ3) is 5.78. The zero-order chi connectivity index (χ0) is 24.4. The van der Waals surface area contributed by atoms with Crippen molar-refractivity contribution in [1.82, 2.24) is 14.4 Å². The lowest BCUT2D eigenvalue weighted by Crippen LogP contribution is -2.27. The predicted molar refractivity (Wildman–Crippen MR) is 129 cm³/mol. The molecule has 0 bridgehead atoms. The van der Waals surface area contributed by atoms with Crippen LogP contribution >= 0.6 is 0 Å². The van der Waals surface area contributed by atoms with Gasteiger partial charge in [0, 0.05) is 23.4 Å². The number of hydrazone groups is 1. The topological polar surface area (TPSA) is 123 Å². The Labute approximate surface area is 191 Å². The van der Waals surface area contributed by atoms with E-state index in [4.69, 9.17) is 4.74 Å². The minimum atomic E-state index is -3.43. The fourth-order valence-corrected chi connectivity index (χ4v) is 3.55. The summed E-state index contributed by atoms with van der Waals surface area (Å²) in [6, 6.07) is 12.3. The van der Waals surface area contributed by atoms with Crippen molar-refractivity contribution >= 4 is 16.2 Å². The van der Waals surface area contributed by atoms with Crippen molar-refractivity contribution in [1.29, 1.82) is 0 Å². The van der Waals surface area contributed by atoms with Gasteiger partial charge in [0.05, 0.1) is 25.3 Å². The van der Waals surface area contributed by atoms with Gasteiger partial charge in [0.1, 0.15) is 5.75 Å². The summed E-state index contributed by atoms with van der Waals surface area (Å²) in [5, 5.41) is 3.71. The van der Waals surface area contributed by atoms with Gasteiger partial charge in [0.25, 0.3) is 5.56 Å². The molecule has 0 aliphatic rings. The molecule has 9 nitrogen and oxygen atoms in total. The largest absolute Gasteiger partial charge is 0.496 e. The van der Waals surface area contributed by atoms with Crippen LogP contribution in [0.3, 0.4) is 0 Å². The number of rotatable bonds is 6. The van der Waals surface area contributed by atoms with E-state index in [9.17, 15) is 18.0 Å².